The quantitative estimate of drug-likeness (QED) is 0.229. The first-order chi connectivity index (χ1) is 16.6. The number of phenolic OH excluding ortho intramolecular Hbond substituents is 1. The van der Waals surface area contributed by atoms with Gasteiger partial charge in [0.25, 0.3) is 0 Å². The van der Waals surface area contributed by atoms with Crippen LogP contribution in [0.25, 0.3) is 6.08 Å². The molecule has 0 aliphatic carbocycles. The van der Waals surface area contributed by atoms with Crippen LogP contribution < -0.4 is 9.47 Å². The Bertz CT molecular complexity index is 1270. The number of ketones is 1. The molecule has 170 valence electrons. The maximum Gasteiger partial charge on any atom is 0.193 e. The summed E-state index contributed by atoms with van der Waals surface area (Å²) in [7, 11) is 0. The van der Waals surface area contributed by atoms with Crippen molar-refractivity contribution in [2.45, 2.75) is 13.2 Å². The SMILES string of the molecule is O=C(C=Cc1ccc(F)cc1)c1c(O)cc(OCc2ccccc2)cc1OCc1ccccc1. The molecule has 0 radical (unpaired) electrons. The Morgan fingerprint density at radius 2 is 1.38 bits per heavy atom. The molecule has 4 nitrogen and oxygen atoms in total. The second-order valence-electron chi connectivity index (χ2n) is 7.61. The van der Waals surface area contributed by atoms with Gasteiger partial charge < -0.3 is 14.6 Å². The van der Waals surface area contributed by atoms with Crippen molar-refractivity contribution in [1.29, 1.82) is 0 Å². The largest absolute Gasteiger partial charge is 0.507 e. The average Bonchev–Trinajstić information content (AvgIpc) is 2.87. The van der Waals surface area contributed by atoms with E-state index in [-0.39, 0.29) is 29.5 Å². The number of benzene rings is 4. The van der Waals surface area contributed by atoms with Crippen LogP contribution in [-0.4, -0.2) is 10.9 Å². The molecular formula is C29H23FO4. The number of ether oxygens (including phenoxy) is 2. The van der Waals surface area contributed by atoms with Crippen molar-refractivity contribution in [1.82, 2.24) is 0 Å². The third kappa shape index (κ3) is 6.11. The molecule has 5 heteroatoms. The minimum atomic E-state index is -0.445. The summed E-state index contributed by atoms with van der Waals surface area (Å²) >= 11 is 0. The van der Waals surface area contributed by atoms with Gasteiger partial charge in [0.05, 0.1) is 0 Å². The normalized spacial score (nSPS) is 10.9. The number of allylic oxidation sites excluding steroid dienone is 1. The van der Waals surface area contributed by atoms with Gasteiger partial charge in [0.15, 0.2) is 5.78 Å². The third-order valence-electron chi connectivity index (χ3n) is 5.08. The molecule has 0 saturated carbocycles. The first kappa shape index (κ1) is 22.8. The summed E-state index contributed by atoms with van der Waals surface area (Å²) in [4.78, 5) is 13.0. The number of carbonyl (C=O) groups is 1. The molecule has 1 N–H and O–H groups in total. The van der Waals surface area contributed by atoms with Crippen LogP contribution in [0, 0.1) is 5.82 Å². The van der Waals surface area contributed by atoms with Gasteiger partial charge in [0, 0.05) is 12.1 Å². The fourth-order valence-corrected chi connectivity index (χ4v) is 3.33. The van der Waals surface area contributed by atoms with E-state index in [0.717, 1.165) is 11.1 Å². The second-order valence-corrected chi connectivity index (χ2v) is 7.61. The summed E-state index contributed by atoms with van der Waals surface area (Å²) in [6.45, 7) is 0.514. The number of rotatable bonds is 9. The van der Waals surface area contributed by atoms with E-state index in [1.54, 1.807) is 24.3 Å². The highest BCUT2D eigenvalue weighted by Crippen LogP contribution is 2.35. The maximum absolute atomic E-state index is 13.1. The predicted molar refractivity (Wildman–Crippen MR) is 129 cm³/mol. The molecule has 0 fully saturated rings. The topological polar surface area (TPSA) is 55.8 Å². The Morgan fingerprint density at radius 1 is 0.794 bits per heavy atom. The van der Waals surface area contributed by atoms with Crippen molar-refractivity contribution in [2.75, 3.05) is 0 Å². The van der Waals surface area contributed by atoms with Crippen LogP contribution in [0.4, 0.5) is 4.39 Å². The number of phenols is 1. The second kappa shape index (κ2) is 11.0. The molecular weight excluding hydrogens is 431 g/mol. The molecule has 0 aliphatic heterocycles. The molecule has 34 heavy (non-hydrogen) atoms. The van der Waals surface area contributed by atoms with Gasteiger partial charge in [0.1, 0.15) is 41.8 Å². The van der Waals surface area contributed by atoms with Gasteiger partial charge in [-0.15, -0.1) is 0 Å². The van der Waals surface area contributed by atoms with E-state index in [9.17, 15) is 14.3 Å². The van der Waals surface area contributed by atoms with Gasteiger partial charge in [-0.1, -0.05) is 78.9 Å². The molecule has 4 rings (SSSR count). The highest BCUT2D eigenvalue weighted by molar-refractivity contribution is 6.10. The van der Waals surface area contributed by atoms with E-state index >= 15 is 0 Å². The molecule has 4 aromatic rings. The lowest BCUT2D eigenvalue weighted by molar-refractivity contribution is 0.104. The lowest BCUT2D eigenvalue weighted by Gasteiger charge is -2.14. The Hall–Kier alpha value is -4.38. The van der Waals surface area contributed by atoms with Crippen LogP contribution in [0.15, 0.2) is 103 Å². The molecule has 0 atom stereocenters. The monoisotopic (exact) mass is 454 g/mol. The lowest BCUT2D eigenvalue weighted by atomic mass is 10.1. The summed E-state index contributed by atoms with van der Waals surface area (Å²) in [6.07, 6.45) is 2.88. The molecule has 4 aromatic carbocycles. The minimum absolute atomic E-state index is 0.0290. The lowest BCUT2D eigenvalue weighted by Crippen LogP contribution is -2.04. The number of hydrogen-bond acceptors (Lipinski definition) is 4. The Morgan fingerprint density at radius 3 is 2.00 bits per heavy atom. The summed E-state index contributed by atoms with van der Waals surface area (Å²) < 4.78 is 24.9. The van der Waals surface area contributed by atoms with Crippen molar-refractivity contribution in [3.05, 3.63) is 131 Å². The van der Waals surface area contributed by atoms with Gasteiger partial charge in [-0.05, 0) is 34.9 Å². The zero-order chi connectivity index (χ0) is 23.8. The molecule has 0 spiro atoms. The van der Waals surface area contributed by atoms with Gasteiger partial charge in [-0.3, -0.25) is 4.79 Å². The van der Waals surface area contributed by atoms with E-state index in [4.69, 9.17) is 9.47 Å². The van der Waals surface area contributed by atoms with Crippen LogP contribution in [0.5, 0.6) is 17.2 Å². The summed E-state index contributed by atoms with van der Waals surface area (Å²) in [5.41, 5.74) is 2.57. The number of carbonyl (C=O) groups excluding carboxylic acids is 1. The average molecular weight is 454 g/mol. The fourth-order valence-electron chi connectivity index (χ4n) is 3.33. The van der Waals surface area contributed by atoms with Gasteiger partial charge in [-0.25, -0.2) is 4.39 Å². The molecule has 0 amide bonds. The summed E-state index contributed by atoms with van der Waals surface area (Å²) in [6, 6.07) is 27.9. The molecule has 0 saturated heterocycles. The first-order valence-electron chi connectivity index (χ1n) is 10.8. The summed E-state index contributed by atoms with van der Waals surface area (Å²) in [5, 5.41) is 10.7. The zero-order valence-electron chi connectivity index (χ0n) is 18.4. The smallest absolute Gasteiger partial charge is 0.193 e. The third-order valence-corrected chi connectivity index (χ3v) is 5.08. The van der Waals surface area contributed by atoms with E-state index in [2.05, 4.69) is 0 Å². The van der Waals surface area contributed by atoms with Gasteiger partial charge >= 0.3 is 0 Å². The fraction of sp³-hybridized carbons (Fsp3) is 0.0690. The zero-order valence-corrected chi connectivity index (χ0v) is 18.4. The van der Waals surface area contributed by atoms with Crippen molar-refractivity contribution < 1.29 is 23.8 Å². The van der Waals surface area contributed by atoms with Crippen LogP contribution in [0.2, 0.25) is 0 Å². The molecule has 0 aliphatic rings. The van der Waals surface area contributed by atoms with Gasteiger partial charge in [-0.2, -0.15) is 0 Å². The van der Waals surface area contributed by atoms with Crippen LogP contribution in [0.3, 0.4) is 0 Å². The van der Waals surface area contributed by atoms with Crippen molar-refractivity contribution in [2.24, 2.45) is 0 Å². The highest BCUT2D eigenvalue weighted by atomic mass is 19.1. The Balaban J connectivity index is 1.59. The van der Waals surface area contributed by atoms with Crippen molar-refractivity contribution in [3.8, 4) is 17.2 Å². The van der Waals surface area contributed by atoms with E-state index in [0.29, 0.717) is 17.9 Å². The van der Waals surface area contributed by atoms with Crippen LogP contribution in [-0.2, 0) is 13.2 Å². The Kier molecular flexibility index (Phi) is 7.35. The number of aromatic hydroxyl groups is 1. The van der Waals surface area contributed by atoms with E-state index in [1.807, 2.05) is 60.7 Å². The number of halogens is 1. The maximum atomic E-state index is 13.1. The standard InChI is InChI=1S/C29H23FO4/c30-24-14-11-21(12-15-24)13-16-26(31)29-27(32)17-25(33-19-22-7-3-1-4-8-22)18-28(29)34-20-23-9-5-2-6-10-23/h1-18,32H,19-20H2. The highest BCUT2D eigenvalue weighted by Gasteiger charge is 2.18. The first-order valence-corrected chi connectivity index (χ1v) is 10.8. The van der Waals surface area contributed by atoms with Crippen molar-refractivity contribution >= 4 is 11.9 Å². The molecule has 0 bridgehead atoms. The van der Waals surface area contributed by atoms with Crippen LogP contribution >= 0.6 is 0 Å². The molecule has 0 aromatic heterocycles. The van der Waals surface area contributed by atoms with Crippen molar-refractivity contribution in [3.63, 3.8) is 0 Å². The Labute approximate surface area is 197 Å². The van der Waals surface area contributed by atoms with E-state index < -0.39 is 5.78 Å². The summed E-state index contributed by atoms with van der Waals surface area (Å²) in [5.74, 6) is -0.463. The minimum Gasteiger partial charge on any atom is -0.507 e. The van der Waals surface area contributed by atoms with Crippen LogP contribution in [0.1, 0.15) is 27.0 Å². The van der Waals surface area contributed by atoms with Gasteiger partial charge in [0.2, 0.25) is 0 Å². The van der Waals surface area contributed by atoms with E-state index in [1.165, 1.54) is 24.3 Å². The molecule has 0 unspecified atom stereocenters. The predicted octanol–water partition coefficient (Wildman–Crippen LogP) is 6.59. The number of hydrogen-bond donors (Lipinski definition) is 1. The molecule has 0 heterocycles.